The number of nitrogens with one attached hydrogen (secondary N) is 1. The molecule has 3 rings (SSSR count). The summed E-state index contributed by atoms with van der Waals surface area (Å²) in [6, 6.07) is 13.9. The number of hydrogen-bond acceptors (Lipinski definition) is 4. The third kappa shape index (κ3) is 3.15. The Balaban J connectivity index is 1.76. The Labute approximate surface area is 131 Å². The first-order chi connectivity index (χ1) is 10.6. The molecule has 0 aliphatic heterocycles. The Bertz CT molecular complexity index is 812. The van der Waals surface area contributed by atoms with Crippen LogP contribution in [0.3, 0.4) is 0 Å². The molecule has 6 heteroatoms. The summed E-state index contributed by atoms with van der Waals surface area (Å²) in [5.41, 5.74) is 1.94. The van der Waals surface area contributed by atoms with Crippen molar-refractivity contribution in [2.75, 3.05) is 5.32 Å². The van der Waals surface area contributed by atoms with E-state index in [0.29, 0.717) is 28.1 Å². The van der Waals surface area contributed by atoms with Gasteiger partial charge in [-0.1, -0.05) is 17.7 Å². The molecular formula is C16H12ClN3O2. The molecule has 1 N–H and O–H groups in total. The van der Waals surface area contributed by atoms with Crippen molar-refractivity contribution >= 4 is 23.2 Å². The van der Waals surface area contributed by atoms with Crippen molar-refractivity contribution < 1.29 is 9.21 Å². The highest BCUT2D eigenvalue weighted by Crippen LogP contribution is 2.19. The van der Waals surface area contributed by atoms with E-state index in [9.17, 15) is 4.79 Å². The van der Waals surface area contributed by atoms with Gasteiger partial charge in [0.1, 0.15) is 0 Å². The molecule has 22 heavy (non-hydrogen) atoms. The molecule has 1 aromatic heterocycles. The number of amides is 1. The van der Waals surface area contributed by atoms with Gasteiger partial charge in [-0.15, -0.1) is 10.2 Å². The average Bonchev–Trinajstić information content (AvgIpc) is 2.94. The van der Waals surface area contributed by atoms with E-state index in [2.05, 4.69) is 15.5 Å². The molecule has 0 spiro atoms. The summed E-state index contributed by atoms with van der Waals surface area (Å²) in [5.74, 6) is 0.715. The maximum atomic E-state index is 12.2. The van der Waals surface area contributed by atoms with E-state index in [1.54, 1.807) is 55.5 Å². The number of benzene rings is 2. The highest BCUT2D eigenvalue weighted by molar-refractivity contribution is 6.30. The zero-order chi connectivity index (χ0) is 15.5. The lowest BCUT2D eigenvalue weighted by Gasteiger charge is -2.06. The van der Waals surface area contributed by atoms with Crippen molar-refractivity contribution in [3.8, 4) is 11.5 Å². The third-order valence-electron chi connectivity index (χ3n) is 3.00. The third-order valence-corrected chi connectivity index (χ3v) is 3.24. The van der Waals surface area contributed by atoms with Crippen molar-refractivity contribution in [2.24, 2.45) is 0 Å². The molecule has 3 aromatic rings. The van der Waals surface area contributed by atoms with Gasteiger partial charge >= 0.3 is 0 Å². The van der Waals surface area contributed by atoms with Crippen molar-refractivity contribution in [2.45, 2.75) is 6.92 Å². The Morgan fingerprint density at radius 1 is 1.14 bits per heavy atom. The molecule has 0 unspecified atom stereocenters. The number of halogens is 1. The topological polar surface area (TPSA) is 68.0 Å². The molecule has 0 saturated carbocycles. The molecule has 1 amide bonds. The summed E-state index contributed by atoms with van der Waals surface area (Å²) in [6.45, 7) is 1.73. The fourth-order valence-corrected chi connectivity index (χ4v) is 2.14. The SMILES string of the molecule is Cc1nnc(-c2ccc(C(=O)Nc3cccc(Cl)c3)cc2)o1. The number of carbonyl (C=O) groups excluding carboxylic acids is 1. The van der Waals surface area contributed by atoms with Crippen molar-refractivity contribution in [3.63, 3.8) is 0 Å². The minimum atomic E-state index is -0.212. The number of aryl methyl sites for hydroxylation is 1. The second-order valence-electron chi connectivity index (χ2n) is 4.67. The Morgan fingerprint density at radius 2 is 1.91 bits per heavy atom. The molecule has 110 valence electrons. The molecule has 0 radical (unpaired) electrons. The largest absolute Gasteiger partial charge is 0.421 e. The van der Waals surface area contributed by atoms with Gasteiger partial charge in [-0.05, 0) is 42.5 Å². The minimum Gasteiger partial charge on any atom is -0.421 e. The maximum Gasteiger partial charge on any atom is 0.255 e. The minimum absolute atomic E-state index is 0.212. The van der Waals surface area contributed by atoms with E-state index in [1.807, 2.05) is 0 Å². The van der Waals surface area contributed by atoms with Crippen molar-refractivity contribution in [1.29, 1.82) is 0 Å². The predicted octanol–water partition coefficient (Wildman–Crippen LogP) is 3.95. The molecule has 2 aromatic carbocycles. The van der Waals surface area contributed by atoms with Crippen LogP contribution in [0.1, 0.15) is 16.2 Å². The summed E-state index contributed by atoms with van der Waals surface area (Å²) in [7, 11) is 0. The van der Waals surface area contributed by atoms with Gasteiger partial charge in [0.25, 0.3) is 5.91 Å². The Hall–Kier alpha value is -2.66. The van der Waals surface area contributed by atoms with Crippen LogP contribution in [0.2, 0.25) is 5.02 Å². The van der Waals surface area contributed by atoms with Crippen LogP contribution in [0.25, 0.3) is 11.5 Å². The van der Waals surface area contributed by atoms with Crippen molar-refractivity contribution in [1.82, 2.24) is 10.2 Å². The van der Waals surface area contributed by atoms with Gasteiger partial charge in [-0.25, -0.2) is 0 Å². The van der Waals surface area contributed by atoms with Crippen LogP contribution in [0.15, 0.2) is 52.9 Å². The van der Waals surface area contributed by atoms with E-state index in [0.717, 1.165) is 5.56 Å². The number of anilines is 1. The van der Waals surface area contributed by atoms with Gasteiger partial charge < -0.3 is 9.73 Å². The van der Waals surface area contributed by atoms with Gasteiger partial charge in [-0.3, -0.25) is 4.79 Å². The van der Waals surface area contributed by atoms with Gasteiger partial charge in [0.2, 0.25) is 11.8 Å². The molecule has 0 fully saturated rings. The highest BCUT2D eigenvalue weighted by Gasteiger charge is 2.09. The highest BCUT2D eigenvalue weighted by atomic mass is 35.5. The quantitative estimate of drug-likeness (QED) is 0.795. The maximum absolute atomic E-state index is 12.2. The number of rotatable bonds is 3. The lowest BCUT2D eigenvalue weighted by Crippen LogP contribution is -2.11. The summed E-state index contributed by atoms with van der Waals surface area (Å²) in [6.07, 6.45) is 0. The molecule has 0 aliphatic rings. The molecule has 0 saturated heterocycles. The van der Waals surface area contributed by atoms with Crippen LogP contribution < -0.4 is 5.32 Å². The second-order valence-corrected chi connectivity index (χ2v) is 5.10. The first-order valence-corrected chi connectivity index (χ1v) is 6.97. The Kier molecular flexibility index (Phi) is 3.89. The number of hydrogen-bond donors (Lipinski definition) is 1. The number of carbonyl (C=O) groups is 1. The van der Waals surface area contributed by atoms with Crippen LogP contribution in [-0.2, 0) is 0 Å². The van der Waals surface area contributed by atoms with Crippen LogP contribution >= 0.6 is 11.6 Å². The lowest BCUT2D eigenvalue weighted by atomic mass is 10.1. The van der Waals surface area contributed by atoms with Crippen LogP contribution in [0.4, 0.5) is 5.69 Å². The molecule has 0 aliphatic carbocycles. The predicted molar refractivity (Wildman–Crippen MR) is 83.9 cm³/mol. The standard InChI is InChI=1S/C16H12ClN3O2/c1-10-19-20-16(22-10)12-7-5-11(6-8-12)15(21)18-14-4-2-3-13(17)9-14/h2-9H,1H3,(H,18,21). The normalized spacial score (nSPS) is 10.5. The monoisotopic (exact) mass is 313 g/mol. The fourth-order valence-electron chi connectivity index (χ4n) is 1.95. The lowest BCUT2D eigenvalue weighted by molar-refractivity contribution is 0.102. The Morgan fingerprint density at radius 3 is 2.55 bits per heavy atom. The van der Waals surface area contributed by atoms with E-state index >= 15 is 0 Å². The zero-order valence-corrected chi connectivity index (χ0v) is 12.5. The zero-order valence-electron chi connectivity index (χ0n) is 11.7. The number of nitrogens with zero attached hydrogens (tertiary/aromatic N) is 2. The molecule has 0 atom stereocenters. The first kappa shape index (κ1) is 14.3. The molecule has 1 heterocycles. The first-order valence-electron chi connectivity index (χ1n) is 6.59. The van der Waals surface area contributed by atoms with Gasteiger partial charge in [-0.2, -0.15) is 0 Å². The summed E-state index contributed by atoms with van der Waals surface area (Å²) in [4.78, 5) is 12.2. The summed E-state index contributed by atoms with van der Waals surface area (Å²) >= 11 is 5.89. The summed E-state index contributed by atoms with van der Waals surface area (Å²) in [5, 5.41) is 11.1. The van der Waals surface area contributed by atoms with E-state index in [-0.39, 0.29) is 5.91 Å². The summed E-state index contributed by atoms with van der Waals surface area (Å²) < 4.78 is 5.34. The van der Waals surface area contributed by atoms with E-state index in [1.165, 1.54) is 0 Å². The molecule has 0 bridgehead atoms. The van der Waals surface area contributed by atoms with E-state index in [4.69, 9.17) is 16.0 Å². The van der Waals surface area contributed by atoms with Crippen LogP contribution in [0, 0.1) is 6.92 Å². The number of aromatic nitrogens is 2. The fraction of sp³-hybridized carbons (Fsp3) is 0.0625. The molecule has 5 nitrogen and oxygen atoms in total. The van der Waals surface area contributed by atoms with Crippen molar-refractivity contribution in [3.05, 3.63) is 65.0 Å². The average molecular weight is 314 g/mol. The van der Waals surface area contributed by atoms with Gasteiger partial charge in [0, 0.05) is 28.8 Å². The van der Waals surface area contributed by atoms with Crippen LogP contribution in [0.5, 0.6) is 0 Å². The smallest absolute Gasteiger partial charge is 0.255 e. The molecular weight excluding hydrogens is 302 g/mol. The van der Waals surface area contributed by atoms with Gasteiger partial charge in [0.15, 0.2) is 0 Å². The van der Waals surface area contributed by atoms with Crippen LogP contribution in [-0.4, -0.2) is 16.1 Å². The second kappa shape index (κ2) is 5.99. The van der Waals surface area contributed by atoms with Gasteiger partial charge in [0.05, 0.1) is 0 Å². The van der Waals surface area contributed by atoms with E-state index < -0.39 is 0 Å².